The summed E-state index contributed by atoms with van der Waals surface area (Å²) >= 11 is 0. The van der Waals surface area contributed by atoms with Crippen LogP contribution in [0.15, 0.2) is 24.3 Å². The third-order valence-electron chi connectivity index (χ3n) is 2.12. The quantitative estimate of drug-likeness (QED) is 0.779. The molecule has 0 aromatic heterocycles. The SMILES string of the molecule is CCOc1ccc(CC[C@@H](C)N)cc1. The highest BCUT2D eigenvalue weighted by Crippen LogP contribution is 2.13. The van der Waals surface area contributed by atoms with Crippen molar-refractivity contribution in [1.82, 2.24) is 0 Å². The summed E-state index contributed by atoms with van der Waals surface area (Å²) in [6.07, 6.45) is 2.08. The molecular formula is C12H19NO. The molecule has 0 amide bonds. The van der Waals surface area contributed by atoms with Crippen LogP contribution in [0.25, 0.3) is 0 Å². The molecule has 0 aliphatic rings. The summed E-state index contributed by atoms with van der Waals surface area (Å²) in [5.41, 5.74) is 7.02. The topological polar surface area (TPSA) is 35.2 Å². The maximum Gasteiger partial charge on any atom is 0.119 e. The molecule has 0 aliphatic carbocycles. The number of aryl methyl sites for hydroxylation is 1. The highest BCUT2D eigenvalue weighted by Gasteiger charge is 1.97. The Hall–Kier alpha value is -1.02. The molecule has 78 valence electrons. The normalized spacial score (nSPS) is 12.5. The van der Waals surface area contributed by atoms with Gasteiger partial charge in [-0.2, -0.15) is 0 Å². The molecule has 1 aromatic carbocycles. The van der Waals surface area contributed by atoms with Gasteiger partial charge in [0, 0.05) is 6.04 Å². The van der Waals surface area contributed by atoms with E-state index in [-0.39, 0.29) is 6.04 Å². The highest BCUT2D eigenvalue weighted by atomic mass is 16.5. The Morgan fingerprint density at radius 1 is 1.29 bits per heavy atom. The molecule has 0 spiro atoms. The summed E-state index contributed by atoms with van der Waals surface area (Å²) in [5, 5.41) is 0. The van der Waals surface area contributed by atoms with Gasteiger partial charge in [0.05, 0.1) is 6.61 Å². The predicted octanol–water partition coefficient (Wildman–Crippen LogP) is 2.37. The van der Waals surface area contributed by atoms with Crippen LogP contribution < -0.4 is 10.5 Å². The van der Waals surface area contributed by atoms with Crippen molar-refractivity contribution in [3.05, 3.63) is 29.8 Å². The second kappa shape index (κ2) is 5.66. The molecule has 0 aliphatic heterocycles. The molecule has 0 heterocycles. The lowest BCUT2D eigenvalue weighted by Crippen LogP contribution is -2.15. The molecule has 0 saturated carbocycles. The number of ether oxygens (including phenoxy) is 1. The lowest BCUT2D eigenvalue weighted by Gasteiger charge is -2.06. The van der Waals surface area contributed by atoms with Gasteiger partial charge in [0.2, 0.25) is 0 Å². The van der Waals surface area contributed by atoms with Gasteiger partial charge < -0.3 is 10.5 Å². The second-order valence-corrected chi connectivity index (χ2v) is 3.59. The minimum atomic E-state index is 0.279. The fourth-order valence-electron chi connectivity index (χ4n) is 1.31. The van der Waals surface area contributed by atoms with Crippen LogP contribution >= 0.6 is 0 Å². The monoisotopic (exact) mass is 193 g/mol. The van der Waals surface area contributed by atoms with E-state index in [1.54, 1.807) is 0 Å². The lowest BCUT2D eigenvalue weighted by atomic mass is 10.1. The van der Waals surface area contributed by atoms with E-state index in [0.29, 0.717) is 0 Å². The fourth-order valence-corrected chi connectivity index (χ4v) is 1.31. The number of nitrogens with two attached hydrogens (primary N) is 1. The zero-order valence-corrected chi connectivity index (χ0v) is 8.99. The first-order chi connectivity index (χ1) is 6.72. The fraction of sp³-hybridized carbons (Fsp3) is 0.500. The number of hydrogen-bond acceptors (Lipinski definition) is 2. The Kier molecular flexibility index (Phi) is 4.47. The summed E-state index contributed by atoms with van der Waals surface area (Å²) < 4.78 is 5.36. The van der Waals surface area contributed by atoms with Crippen molar-refractivity contribution in [3.63, 3.8) is 0 Å². The minimum Gasteiger partial charge on any atom is -0.494 e. The van der Waals surface area contributed by atoms with Crippen LogP contribution in [0.5, 0.6) is 5.75 Å². The standard InChI is InChI=1S/C12H19NO/c1-3-14-12-8-6-11(7-9-12)5-4-10(2)13/h6-10H,3-5,13H2,1-2H3/t10-/m1/s1. The van der Waals surface area contributed by atoms with E-state index in [1.807, 2.05) is 26.0 Å². The van der Waals surface area contributed by atoms with Crippen molar-refractivity contribution in [2.45, 2.75) is 32.7 Å². The largest absolute Gasteiger partial charge is 0.494 e. The Morgan fingerprint density at radius 3 is 2.43 bits per heavy atom. The summed E-state index contributed by atoms with van der Waals surface area (Å²) in [6, 6.07) is 8.52. The third-order valence-corrected chi connectivity index (χ3v) is 2.12. The Morgan fingerprint density at radius 2 is 1.93 bits per heavy atom. The lowest BCUT2D eigenvalue weighted by molar-refractivity contribution is 0.340. The number of benzene rings is 1. The van der Waals surface area contributed by atoms with Gasteiger partial charge >= 0.3 is 0 Å². The van der Waals surface area contributed by atoms with Crippen molar-refractivity contribution >= 4 is 0 Å². The van der Waals surface area contributed by atoms with Crippen LogP contribution in [0.4, 0.5) is 0 Å². The van der Waals surface area contributed by atoms with Gasteiger partial charge in [0.25, 0.3) is 0 Å². The third kappa shape index (κ3) is 3.79. The van der Waals surface area contributed by atoms with E-state index in [0.717, 1.165) is 25.2 Å². The van der Waals surface area contributed by atoms with Gasteiger partial charge in [0.1, 0.15) is 5.75 Å². The van der Waals surface area contributed by atoms with Crippen LogP contribution in [-0.2, 0) is 6.42 Å². The molecule has 14 heavy (non-hydrogen) atoms. The highest BCUT2D eigenvalue weighted by molar-refractivity contribution is 5.27. The van der Waals surface area contributed by atoms with Crippen molar-refractivity contribution in [3.8, 4) is 5.75 Å². The predicted molar refractivity (Wildman–Crippen MR) is 59.6 cm³/mol. The van der Waals surface area contributed by atoms with Crippen molar-refractivity contribution < 1.29 is 4.74 Å². The minimum absolute atomic E-state index is 0.279. The summed E-state index contributed by atoms with van der Waals surface area (Å²) in [7, 11) is 0. The van der Waals surface area contributed by atoms with Crippen LogP contribution in [-0.4, -0.2) is 12.6 Å². The first-order valence-electron chi connectivity index (χ1n) is 5.19. The Labute approximate surface area is 86.1 Å². The molecule has 0 radical (unpaired) electrons. The van der Waals surface area contributed by atoms with Crippen LogP contribution in [0.2, 0.25) is 0 Å². The first-order valence-corrected chi connectivity index (χ1v) is 5.19. The van der Waals surface area contributed by atoms with Crippen LogP contribution in [0.3, 0.4) is 0 Å². The van der Waals surface area contributed by atoms with Crippen LogP contribution in [0, 0.1) is 0 Å². The van der Waals surface area contributed by atoms with Crippen LogP contribution in [0.1, 0.15) is 25.8 Å². The summed E-state index contributed by atoms with van der Waals surface area (Å²) in [4.78, 5) is 0. The average molecular weight is 193 g/mol. The van der Waals surface area contributed by atoms with E-state index in [4.69, 9.17) is 10.5 Å². The molecule has 0 bridgehead atoms. The van der Waals surface area contributed by atoms with E-state index >= 15 is 0 Å². The molecule has 0 fully saturated rings. The molecule has 2 heteroatoms. The smallest absolute Gasteiger partial charge is 0.119 e. The van der Waals surface area contributed by atoms with E-state index in [9.17, 15) is 0 Å². The van der Waals surface area contributed by atoms with E-state index < -0.39 is 0 Å². The van der Waals surface area contributed by atoms with Gasteiger partial charge in [-0.3, -0.25) is 0 Å². The Balaban J connectivity index is 2.46. The van der Waals surface area contributed by atoms with Gasteiger partial charge in [-0.1, -0.05) is 12.1 Å². The molecule has 0 unspecified atom stereocenters. The first kappa shape index (κ1) is 11.1. The molecule has 2 N–H and O–H groups in total. The van der Waals surface area contributed by atoms with Crippen molar-refractivity contribution in [2.24, 2.45) is 5.73 Å². The zero-order valence-electron chi connectivity index (χ0n) is 8.99. The van der Waals surface area contributed by atoms with Crippen molar-refractivity contribution in [2.75, 3.05) is 6.61 Å². The molecule has 1 aromatic rings. The maximum atomic E-state index is 5.69. The van der Waals surface area contributed by atoms with Crippen molar-refractivity contribution in [1.29, 1.82) is 0 Å². The molecular weight excluding hydrogens is 174 g/mol. The average Bonchev–Trinajstić information content (AvgIpc) is 2.17. The molecule has 1 atom stereocenters. The van der Waals surface area contributed by atoms with Gasteiger partial charge in [-0.15, -0.1) is 0 Å². The molecule has 1 rings (SSSR count). The number of hydrogen-bond donors (Lipinski definition) is 1. The van der Waals surface area contributed by atoms with Gasteiger partial charge in [-0.25, -0.2) is 0 Å². The Bertz CT molecular complexity index is 254. The summed E-state index contributed by atoms with van der Waals surface area (Å²) in [6.45, 7) is 4.75. The van der Waals surface area contributed by atoms with E-state index in [1.165, 1.54) is 5.56 Å². The zero-order chi connectivity index (χ0) is 10.4. The maximum absolute atomic E-state index is 5.69. The van der Waals surface area contributed by atoms with E-state index in [2.05, 4.69) is 12.1 Å². The molecule has 0 saturated heterocycles. The van der Waals surface area contributed by atoms with Gasteiger partial charge in [0.15, 0.2) is 0 Å². The van der Waals surface area contributed by atoms with Gasteiger partial charge in [-0.05, 0) is 44.4 Å². The summed E-state index contributed by atoms with van der Waals surface area (Å²) in [5.74, 6) is 0.942. The second-order valence-electron chi connectivity index (χ2n) is 3.59. The number of rotatable bonds is 5. The molecule has 2 nitrogen and oxygen atoms in total.